The van der Waals surface area contributed by atoms with Gasteiger partial charge in [0.25, 0.3) is 0 Å². The number of anilines is 1. The summed E-state index contributed by atoms with van der Waals surface area (Å²) >= 11 is 0. The maximum absolute atomic E-state index is 11.2. The van der Waals surface area contributed by atoms with Crippen molar-refractivity contribution in [2.45, 2.75) is 68.5 Å². The molecule has 36 heavy (non-hydrogen) atoms. The fourth-order valence-electron chi connectivity index (χ4n) is 8.27. The third-order valence-corrected chi connectivity index (χ3v) is 10.1. The lowest BCUT2D eigenvalue weighted by Gasteiger charge is -2.55. The number of rotatable bonds is 2. The van der Waals surface area contributed by atoms with Crippen LogP contribution in [0, 0.1) is 11.3 Å². The van der Waals surface area contributed by atoms with Crippen LogP contribution in [0.15, 0.2) is 59.8 Å². The molecule has 7 atom stereocenters. The van der Waals surface area contributed by atoms with Crippen molar-refractivity contribution >= 4 is 22.2 Å². The molecule has 2 aliphatic heterocycles. The Labute approximate surface area is 212 Å². The molecule has 2 spiro atoms. The smallest absolute Gasteiger partial charge is 0.123 e. The van der Waals surface area contributed by atoms with E-state index in [4.69, 9.17) is 10.5 Å². The molecule has 0 amide bonds. The molecule has 4 N–H and O–H groups in total. The molecule has 5 aliphatic rings. The fraction of sp³-hybridized carbons (Fsp3) is 0.500. The lowest BCUT2D eigenvalue weighted by molar-refractivity contribution is -0.161. The van der Waals surface area contributed by atoms with Gasteiger partial charge in [0, 0.05) is 29.0 Å². The van der Waals surface area contributed by atoms with Gasteiger partial charge in [0.05, 0.1) is 17.3 Å². The summed E-state index contributed by atoms with van der Waals surface area (Å²) < 4.78 is 7.24. The zero-order valence-corrected chi connectivity index (χ0v) is 21.2. The number of hydrogen-bond acceptors (Lipinski definition) is 6. The zero-order chi connectivity index (χ0) is 25.0. The predicted molar refractivity (Wildman–Crippen MR) is 141 cm³/mol. The largest absolute Gasteiger partial charge is 0.388 e. The molecule has 2 fully saturated rings. The van der Waals surface area contributed by atoms with Crippen molar-refractivity contribution in [1.29, 1.82) is 0 Å². The fourth-order valence-corrected chi connectivity index (χ4v) is 8.27. The molecule has 2 bridgehead atoms. The van der Waals surface area contributed by atoms with Crippen LogP contribution in [-0.2, 0) is 4.74 Å². The Morgan fingerprint density at radius 3 is 2.75 bits per heavy atom. The molecule has 7 unspecified atom stereocenters. The molecular weight excluding hydrogens is 450 g/mol. The number of likely N-dealkylation sites (N-methyl/N-ethyl adjacent to an activating group) is 1. The molecule has 188 valence electrons. The third-order valence-electron chi connectivity index (χ3n) is 10.1. The Balaban J connectivity index is 1.29. The SMILES string of the molecule is CN(C)C1CC23CCC4(O2)C(=CCC2(C)C(c5ccc6cnc(N)cc6c5)=CCC24)C=C3C(O)C1O. The number of benzene rings is 1. The maximum Gasteiger partial charge on any atom is 0.123 e. The molecule has 1 saturated heterocycles. The minimum Gasteiger partial charge on any atom is -0.388 e. The summed E-state index contributed by atoms with van der Waals surface area (Å²) in [6, 6.07) is 8.42. The molecule has 1 saturated carbocycles. The normalized spacial score (nSPS) is 40.9. The Morgan fingerprint density at radius 2 is 1.94 bits per heavy atom. The highest BCUT2D eigenvalue weighted by atomic mass is 16.5. The number of pyridine rings is 1. The number of allylic oxidation sites excluding steroid dienone is 3. The molecule has 6 nitrogen and oxygen atoms in total. The van der Waals surface area contributed by atoms with E-state index in [0.29, 0.717) is 18.2 Å². The van der Waals surface area contributed by atoms with Crippen LogP contribution in [0.1, 0.15) is 44.6 Å². The van der Waals surface area contributed by atoms with E-state index in [1.807, 2.05) is 31.3 Å². The van der Waals surface area contributed by atoms with Gasteiger partial charge in [-0.15, -0.1) is 0 Å². The van der Waals surface area contributed by atoms with Crippen LogP contribution in [-0.4, -0.2) is 63.6 Å². The zero-order valence-electron chi connectivity index (χ0n) is 21.2. The lowest BCUT2D eigenvalue weighted by Crippen LogP contribution is -2.61. The Hall–Kier alpha value is -2.51. The Kier molecular flexibility index (Phi) is 4.59. The van der Waals surface area contributed by atoms with E-state index in [-0.39, 0.29) is 17.1 Å². The van der Waals surface area contributed by atoms with Crippen molar-refractivity contribution in [2.75, 3.05) is 19.8 Å². The third kappa shape index (κ3) is 2.79. The van der Waals surface area contributed by atoms with E-state index in [0.717, 1.165) is 42.0 Å². The molecule has 7 rings (SSSR count). The van der Waals surface area contributed by atoms with E-state index in [1.165, 1.54) is 16.7 Å². The molecule has 1 aromatic carbocycles. The van der Waals surface area contributed by atoms with Crippen LogP contribution >= 0.6 is 0 Å². The monoisotopic (exact) mass is 485 g/mol. The number of aromatic nitrogens is 1. The summed E-state index contributed by atoms with van der Waals surface area (Å²) in [6.07, 6.45) is 11.5. The van der Waals surface area contributed by atoms with Crippen LogP contribution in [0.2, 0.25) is 0 Å². The van der Waals surface area contributed by atoms with E-state index >= 15 is 0 Å². The summed E-state index contributed by atoms with van der Waals surface area (Å²) in [7, 11) is 3.95. The summed E-state index contributed by atoms with van der Waals surface area (Å²) in [4.78, 5) is 6.27. The highest BCUT2D eigenvalue weighted by Gasteiger charge is 2.67. The quantitative estimate of drug-likeness (QED) is 0.599. The van der Waals surface area contributed by atoms with E-state index in [2.05, 4.69) is 48.3 Å². The molecule has 3 heterocycles. The highest BCUT2D eigenvalue weighted by Crippen LogP contribution is 2.67. The number of ether oxygens (including phenoxy) is 1. The van der Waals surface area contributed by atoms with Crippen molar-refractivity contribution < 1.29 is 14.9 Å². The molecule has 2 aromatic rings. The summed E-state index contributed by atoms with van der Waals surface area (Å²) in [5.41, 5.74) is 9.80. The first-order chi connectivity index (χ1) is 17.2. The first-order valence-electron chi connectivity index (χ1n) is 13.2. The van der Waals surface area contributed by atoms with Crippen LogP contribution in [0.25, 0.3) is 16.3 Å². The number of hydrogen-bond donors (Lipinski definition) is 3. The first kappa shape index (κ1) is 22.7. The van der Waals surface area contributed by atoms with Crippen LogP contribution in [0.3, 0.4) is 0 Å². The van der Waals surface area contributed by atoms with Gasteiger partial charge < -0.3 is 25.6 Å². The van der Waals surface area contributed by atoms with Crippen LogP contribution in [0.5, 0.6) is 0 Å². The second kappa shape index (κ2) is 7.29. The van der Waals surface area contributed by atoms with Gasteiger partial charge >= 0.3 is 0 Å². The number of aliphatic hydroxyl groups is 2. The summed E-state index contributed by atoms with van der Waals surface area (Å²) in [5.74, 6) is 0.871. The number of fused-ring (bicyclic) bond motifs is 2. The molecule has 3 aliphatic carbocycles. The van der Waals surface area contributed by atoms with Gasteiger partial charge in [-0.1, -0.05) is 37.3 Å². The minimum absolute atomic E-state index is 0.0413. The van der Waals surface area contributed by atoms with Crippen molar-refractivity contribution in [3.05, 3.63) is 65.4 Å². The molecule has 6 heteroatoms. The number of aliphatic hydroxyl groups excluding tert-OH is 2. The first-order valence-corrected chi connectivity index (χ1v) is 13.2. The standard InChI is InChI=1S/C30H35N3O3/c1-28-9-8-20-14-22-26(34)27(35)23(33(2)3)15-29(22)10-11-30(20,36-29)24(28)7-6-21(28)17-4-5-18-16-32-25(31)13-19(18)12-17/h4-6,8,12-14,16,23-24,26-27,34-35H,7,9-11,15H2,1-3H3,(H2,31,32). The van der Waals surface area contributed by atoms with E-state index in [1.54, 1.807) is 0 Å². The summed E-state index contributed by atoms with van der Waals surface area (Å²) in [6.45, 7) is 2.40. The Bertz CT molecular complexity index is 1380. The van der Waals surface area contributed by atoms with Crippen LogP contribution < -0.4 is 5.73 Å². The van der Waals surface area contributed by atoms with Crippen molar-refractivity contribution in [1.82, 2.24) is 9.88 Å². The number of nitrogen functional groups attached to an aromatic ring is 1. The maximum atomic E-state index is 11.2. The Morgan fingerprint density at radius 1 is 1.11 bits per heavy atom. The van der Waals surface area contributed by atoms with Gasteiger partial charge in [0.15, 0.2) is 0 Å². The van der Waals surface area contributed by atoms with Crippen molar-refractivity contribution in [3.63, 3.8) is 0 Å². The summed E-state index contributed by atoms with van der Waals surface area (Å²) in [5, 5.41) is 24.2. The van der Waals surface area contributed by atoms with Gasteiger partial charge in [-0.05, 0) is 86.0 Å². The van der Waals surface area contributed by atoms with Gasteiger partial charge in [-0.25, -0.2) is 4.98 Å². The van der Waals surface area contributed by atoms with Gasteiger partial charge in [-0.2, -0.15) is 0 Å². The van der Waals surface area contributed by atoms with Gasteiger partial charge in [-0.3, -0.25) is 0 Å². The second-order valence-electron chi connectivity index (χ2n) is 12.1. The average molecular weight is 486 g/mol. The molecule has 1 aromatic heterocycles. The van der Waals surface area contributed by atoms with Gasteiger partial charge in [0.2, 0.25) is 0 Å². The minimum atomic E-state index is -0.895. The predicted octanol–water partition coefficient (Wildman–Crippen LogP) is 3.84. The molecule has 0 radical (unpaired) electrons. The number of nitrogens with zero attached hydrogens (tertiary/aromatic N) is 2. The van der Waals surface area contributed by atoms with E-state index < -0.39 is 17.8 Å². The van der Waals surface area contributed by atoms with Crippen LogP contribution in [0.4, 0.5) is 5.82 Å². The van der Waals surface area contributed by atoms with E-state index in [9.17, 15) is 10.2 Å². The molecular formula is C30H35N3O3. The topological polar surface area (TPSA) is 91.8 Å². The lowest BCUT2D eigenvalue weighted by atomic mass is 9.58. The van der Waals surface area contributed by atoms with Crippen molar-refractivity contribution in [3.8, 4) is 0 Å². The highest BCUT2D eigenvalue weighted by molar-refractivity contribution is 5.88. The van der Waals surface area contributed by atoms with Gasteiger partial charge in [0.1, 0.15) is 11.9 Å². The van der Waals surface area contributed by atoms with Crippen molar-refractivity contribution in [2.24, 2.45) is 11.3 Å². The average Bonchev–Trinajstić information content (AvgIpc) is 3.36. The number of nitrogens with two attached hydrogens (primary N) is 1. The second-order valence-corrected chi connectivity index (χ2v) is 12.1.